The van der Waals surface area contributed by atoms with Crippen molar-refractivity contribution in [3.05, 3.63) is 71.8 Å². The minimum Gasteiger partial charge on any atom is -0.374 e. The van der Waals surface area contributed by atoms with Crippen LogP contribution in [0.1, 0.15) is 29.6 Å². The van der Waals surface area contributed by atoms with E-state index in [1.54, 1.807) is 12.3 Å². The Morgan fingerprint density at radius 1 is 1.15 bits per heavy atom. The van der Waals surface area contributed by atoms with E-state index < -0.39 is 0 Å². The minimum atomic E-state index is -0.179. The van der Waals surface area contributed by atoms with E-state index in [1.807, 2.05) is 24.3 Å². The summed E-state index contributed by atoms with van der Waals surface area (Å²) in [5.74, 6) is 0.523. The standard InChI is InChI=1S/C17H15FN2/c18-14-8-4-7-12-11-5-3-6-13(11)17(20-16(12)14)15-9-1-2-10-19-15/h1-5,7-11,13,17,20H,6H2/t11-,13-,17-/m0/s1. The maximum Gasteiger partial charge on any atom is 0.146 e. The van der Waals surface area contributed by atoms with Gasteiger partial charge in [-0.1, -0.05) is 30.4 Å². The summed E-state index contributed by atoms with van der Waals surface area (Å²) >= 11 is 0. The molecule has 0 saturated carbocycles. The van der Waals surface area contributed by atoms with Gasteiger partial charge in [0.2, 0.25) is 0 Å². The normalized spacial score (nSPS) is 26.8. The van der Waals surface area contributed by atoms with E-state index in [9.17, 15) is 4.39 Å². The van der Waals surface area contributed by atoms with Gasteiger partial charge in [-0.05, 0) is 36.1 Å². The molecule has 0 amide bonds. The van der Waals surface area contributed by atoms with Crippen molar-refractivity contribution >= 4 is 5.69 Å². The molecule has 0 fully saturated rings. The smallest absolute Gasteiger partial charge is 0.146 e. The lowest BCUT2D eigenvalue weighted by Crippen LogP contribution is -2.30. The molecule has 3 heteroatoms. The van der Waals surface area contributed by atoms with Gasteiger partial charge in [-0.3, -0.25) is 4.98 Å². The predicted molar refractivity (Wildman–Crippen MR) is 77.0 cm³/mol. The highest BCUT2D eigenvalue weighted by atomic mass is 19.1. The number of para-hydroxylation sites is 1. The van der Waals surface area contributed by atoms with Crippen LogP contribution in [0.15, 0.2) is 54.7 Å². The van der Waals surface area contributed by atoms with Crippen molar-refractivity contribution in [3.8, 4) is 0 Å². The lowest BCUT2D eigenvalue weighted by Gasteiger charge is -2.36. The molecule has 2 heterocycles. The molecule has 0 unspecified atom stereocenters. The highest BCUT2D eigenvalue weighted by Crippen LogP contribution is 2.49. The first-order valence-corrected chi connectivity index (χ1v) is 6.97. The molecule has 1 aromatic heterocycles. The molecule has 4 rings (SSSR count). The average molecular weight is 266 g/mol. The first-order chi connectivity index (χ1) is 9.84. The minimum absolute atomic E-state index is 0.0700. The predicted octanol–water partition coefficient (Wildman–Crippen LogP) is 4.05. The number of anilines is 1. The molecule has 2 aromatic rings. The fourth-order valence-corrected chi connectivity index (χ4v) is 3.44. The molecule has 0 radical (unpaired) electrons. The summed E-state index contributed by atoms with van der Waals surface area (Å²) in [6, 6.07) is 11.3. The van der Waals surface area contributed by atoms with Crippen LogP contribution >= 0.6 is 0 Å². The van der Waals surface area contributed by atoms with Gasteiger partial charge in [-0.25, -0.2) is 4.39 Å². The third-order valence-corrected chi connectivity index (χ3v) is 4.35. The zero-order valence-corrected chi connectivity index (χ0v) is 11.0. The summed E-state index contributed by atoms with van der Waals surface area (Å²) in [4.78, 5) is 4.45. The van der Waals surface area contributed by atoms with Crippen molar-refractivity contribution in [2.75, 3.05) is 5.32 Å². The van der Waals surface area contributed by atoms with E-state index in [4.69, 9.17) is 0 Å². The number of allylic oxidation sites excluding steroid dienone is 2. The lowest BCUT2D eigenvalue weighted by molar-refractivity contribution is 0.414. The maximum absolute atomic E-state index is 14.1. The van der Waals surface area contributed by atoms with Gasteiger partial charge in [0.1, 0.15) is 5.82 Å². The summed E-state index contributed by atoms with van der Waals surface area (Å²) < 4.78 is 14.1. The molecule has 2 aliphatic rings. The van der Waals surface area contributed by atoms with Gasteiger partial charge in [0.15, 0.2) is 0 Å². The second kappa shape index (κ2) is 4.44. The van der Waals surface area contributed by atoms with E-state index in [2.05, 4.69) is 22.5 Å². The molecule has 0 saturated heterocycles. The van der Waals surface area contributed by atoms with Crippen LogP contribution < -0.4 is 5.32 Å². The highest BCUT2D eigenvalue weighted by molar-refractivity contribution is 5.60. The Morgan fingerprint density at radius 2 is 2.10 bits per heavy atom. The van der Waals surface area contributed by atoms with E-state index in [-0.39, 0.29) is 17.8 Å². The second-order valence-corrected chi connectivity index (χ2v) is 5.43. The molecule has 3 atom stereocenters. The third-order valence-electron chi connectivity index (χ3n) is 4.35. The van der Waals surface area contributed by atoms with Crippen LogP contribution in [0.3, 0.4) is 0 Å². The zero-order chi connectivity index (χ0) is 13.5. The van der Waals surface area contributed by atoms with E-state index >= 15 is 0 Å². The number of fused-ring (bicyclic) bond motifs is 3. The first-order valence-electron chi connectivity index (χ1n) is 6.97. The fraction of sp³-hybridized carbons (Fsp3) is 0.235. The van der Waals surface area contributed by atoms with Gasteiger partial charge in [-0.2, -0.15) is 0 Å². The second-order valence-electron chi connectivity index (χ2n) is 5.43. The molecular weight excluding hydrogens is 251 g/mol. The first kappa shape index (κ1) is 11.6. The van der Waals surface area contributed by atoms with Crippen molar-refractivity contribution in [1.29, 1.82) is 0 Å². The van der Waals surface area contributed by atoms with Crippen LogP contribution in [0.5, 0.6) is 0 Å². The van der Waals surface area contributed by atoms with Crippen molar-refractivity contribution in [2.24, 2.45) is 5.92 Å². The number of nitrogens with one attached hydrogen (secondary N) is 1. The van der Waals surface area contributed by atoms with E-state index in [0.717, 1.165) is 17.7 Å². The number of pyridine rings is 1. The van der Waals surface area contributed by atoms with Gasteiger partial charge in [0.25, 0.3) is 0 Å². The quantitative estimate of drug-likeness (QED) is 0.788. The van der Waals surface area contributed by atoms with Gasteiger partial charge in [0.05, 0.1) is 17.4 Å². The van der Waals surface area contributed by atoms with Crippen molar-refractivity contribution in [3.63, 3.8) is 0 Å². The molecule has 1 aromatic carbocycles. The Labute approximate surface area is 117 Å². The molecule has 0 bridgehead atoms. The Balaban J connectivity index is 1.83. The van der Waals surface area contributed by atoms with Gasteiger partial charge < -0.3 is 5.32 Å². The van der Waals surface area contributed by atoms with Crippen molar-refractivity contribution < 1.29 is 4.39 Å². The monoisotopic (exact) mass is 266 g/mol. The van der Waals surface area contributed by atoms with E-state index in [1.165, 1.54) is 6.07 Å². The Morgan fingerprint density at radius 3 is 2.95 bits per heavy atom. The average Bonchev–Trinajstić information content (AvgIpc) is 2.97. The van der Waals surface area contributed by atoms with Crippen LogP contribution in [0.2, 0.25) is 0 Å². The molecule has 20 heavy (non-hydrogen) atoms. The van der Waals surface area contributed by atoms with Crippen LogP contribution in [-0.4, -0.2) is 4.98 Å². The number of nitrogens with zero attached hydrogens (tertiary/aromatic N) is 1. The largest absolute Gasteiger partial charge is 0.374 e. The Hall–Kier alpha value is -2.16. The maximum atomic E-state index is 14.1. The number of aromatic nitrogens is 1. The zero-order valence-electron chi connectivity index (χ0n) is 11.0. The van der Waals surface area contributed by atoms with Gasteiger partial charge >= 0.3 is 0 Å². The van der Waals surface area contributed by atoms with Crippen LogP contribution in [0.4, 0.5) is 10.1 Å². The highest BCUT2D eigenvalue weighted by Gasteiger charge is 2.39. The van der Waals surface area contributed by atoms with Gasteiger partial charge in [-0.15, -0.1) is 0 Å². The molecule has 1 aliphatic heterocycles. The van der Waals surface area contributed by atoms with Crippen molar-refractivity contribution in [1.82, 2.24) is 4.98 Å². The molecule has 100 valence electrons. The summed E-state index contributed by atoms with van der Waals surface area (Å²) in [5, 5.41) is 3.38. The number of halogens is 1. The Kier molecular flexibility index (Phi) is 2.59. The van der Waals surface area contributed by atoms with Crippen molar-refractivity contribution in [2.45, 2.75) is 18.4 Å². The number of hydrogen-bond acceptors (Lipinski definition) is 2. The SMILES string of the molecule is Fc1cccc2c1N[C@H](c1ccccn1)[C@H]1CC=C[C@@H]21. The molecular formula is C17H15FN2. The van der Waals surface area contributed by atoms with Crippen LogP contribution in [0, 0.1) is 11.7 Å². The lowest BCUT2D eigenvalue weighted by atomic mass is 9.78. The summed E-state index contributed by atoms with van der Waals surface area (Å²) in [5.41, 5.74) is 2.69. The van der Waals surface area contributed by atoms with Crippen LogP contribution in [-0.2, 0) is 0 Å². The van der Waals surface area contributed by atoms with Crippen LogP contribution in [0.25, 0.3) is 0 Å². The number of rotatable bonds is 1. The Bertz CT molecular complexity index is 666. The number of benzene rings is 1. The molecule has 2 nitrogen and oxygen atoms in total. The summed E-state index contributed by atoms with van der Waals surface area (Å²) in [6.07, 6.45) is 7.22. The topological polar surface area (TPSA) is 24.9 Å². The van der Waals surface area contributed by atoms with Gasteiger partial charge in [0, 0.05) is 12.1 Å². The molecule has 1 aliphatic carbocycles. The van der Waals surface area contributed by atoms with E-state index in [0.29, 0.717) is 11.6 Å². The molecule has 1 N–H and O–H groups in total. The number of hydrogen-bond donors (Lipinski definition) is 1. The summed E-state index contributed by atoms with van der Waals surface area (Å²) in [6.45, 7) is 0. The third kappa shape index (κ3) is 1.66. The molecule has 0 spiro atoms. The fourth-order valence-electron chi connectivity index (χ4n) is 3.44. The summed E-state index contributed by atoms with van der Waals surface area (Å²) in [7, 11) is 0.